The van der Waals surface area contributed by atoms with Crippen molar-refractivity contribution in [1.82, 2.24) is 9.13 Å². The van der Waals surface area contributed by atoms with Gasteiger partial charge in [0.25, 0.3) is 5.91 Å². The Morgan fingerprint density at radius 2 is 1.68 bits per heavy atom. The van der Waals surface area contributed by atoms with E-state index in [9.17, 15) is 14.4 Å². The fourth-order valence-electron chi connectivity index (χ4n) is 3.55. The molecule has 1 heterocycles. The Kier molecular flexibility index (Phi) is 6.95. The van der Waals surface area contributed by atoms with E-state index >= 15 is 0 Å². The van der Waals surface area contributed by atoms with Crippen molar-refractivity contribution in [3.63, 3.8) is 0 Å². The highest BCUT2D eigenvalue weighted by Gasteiger charge is 2.20. The highest BCUT2D eigenvalue weighted by molar-refractivity contribution is 5.95. The number of nitrogens with one attached hydrogen (secondary N) is 1. The first-order valence-electron chi connectivity index (χ1n) is 10.6. The second-order valence-electron chi connectivity index (χ2n) is 7.76. The molecular formula is C24H29N3O4. The van der Waals surface area contributed by atoms with Crippen LogP contribution in [-0.4, -0.2) is 27.1 Å². The van der Waals surface area contributed by atoms with E-state index in [0.29, 0.717) is 12.2 Å². The summed E-state index contributed by atoms with van der Waals surface area (Å²) >= 11 is 0. The van der Waals surface area contributed by atoms with Crippen LogP contribution in [0.15, 0.2) is 47.3 Å². The van der Waals surface area contributed by atoms with Crippen LogP contribution in [0.3, 0.4) is 0 Å². The van der Waals surface area contributed by atoms with Gasteiger partial charge in [-0.2, -0.15) is 0 Å². The largest absolute Gasteiger partial charge is 0.452 e. The maximum Gasteiger partial charge on any atom is 0.329 e. The lowest BCUT2D eigenvalue weighted by atomic mass is 10.1. The van der Waals surface area contributed by atoms with E-state index in [2.05, 4.69) is 5.32 Å². The van der Waals surface area contributed by atoms with Crippen LogP contribution in [0.25, 0.3) is 11.0 Å². The number of nitrogens with zero attached hydrogens (tertiary/aromatic N) is 2. The molecule has 0 saturated heterocycles. The number of anilines is 1. The maximum atomic E-state index is 12.8. The number of amides is 1. The number of imidazole rings is 1. The van der Waals surface area contributed by atoms with Gasteiger partial charge in [0.1, 0.15) is 0 Å². The fourth-order valence-corrected chi connectivity index (χ4v) is 3.55. The van der Waals surface area contributed by atoms with Crippen LogP contribution in [0.1, 0.15) is 37.8 Å². The van der Waals surface area contributed by atoms with Crippen molar-refractivity contribution in [3.05, 3.63) is 64.1 Å². The van der Waals surface area contributed by atoms with E-state index < -0.39 is 18.0 Å². The Balaban J connectivity index is 1.64. The molecule has 0 unspecified atom stereocenters. The van der Waals surface area contributed by atoms with Gasteiger partial charge in [-0.3, -0.25) is 18.7 Å². The normalized spacial score (nSPS) is 12.0. The van der Waals surface area contributed by atoms with Crippen molar-refractivity contribution < 1.29 is 14.3 Å². The first kappa shape index (κ1) is 22.3. The Morgan fingerprint density at radius 3 is 2.32 bits per heavy atom. The number of hydrogen-bond acceptors (Lipinski definition) is 4. The van der Waals surface area contributed by atoms with E-state index in [4.69, 9.17) is 4.74 Å². The van der Waals surface area contributed by atoms with Crippen LogP contribution in [-0.2, 0) is 27.4 Å². The van der Waals surface area contributed by atoms with Gasteiger partial charge in [-0.15, -0.1) is 0 Å². The van der Waals surface area contributed by atoms with Gasteiger partial charge < -0.3 is 10.1 Å². The summed E-state index contributed by atoms with van der Waals surface area (Å²) in [5.41, 5.74) is 4.15. The van der Waals surface area contributed by atoms with Gasteiger partial charge in [0, 0.05) is 18.8 Å². The molecule has 0 aliphatic carbocycles. The molecule has 3 aromatic rings. The summed E-state index contributed by atoms with van der Waals surface area (Å²) in [6.45, 7) is 8.21. The quantitative estimate of drug-likeness (QED) is 0.559. The van der Waals surface area contributed by atoms with Crippen LogP contribution in [0.4, 0.5) is 5.69 Å². The molecule has 0 saturated carbocycles. The van der Waals surface area contributed by atoms with Crippen LogP contribution in [0.2, 0.25) is 0 Å². The predicted molar refractivity (Wildman–Crippen MR) is 121 cm³/mol. The van der Waals surface area contributed by atoms with Crippen LogP contribution in [0, 0.1) is 13.8 Å². The maximum absolute atomic E-state index is 12.8. The van der Waals surface area contributed by atoms with Crippen molar-refractivity contribution in [1.29, 1.82) is 0 Å². The molecule has 0 bridgehead atoms. The lowest BCUT2D eigenvalue weighted by Gasteiger charge is -2.15. The predicted octanol–water partition coefficient (Wildman–Crippen LogP) is 3.79. The average Bonchev–Trinajstić information content (AvgIpc) is 3.00. The number of carbonyl (C=O) groups excluding carboxylic acids is 2. The highest BCUT2D eigenvalue weighted by Crippen LogP contribution is 2.17. The lowest BCUT2D eigenvalue weighted by molar-refractivity contribution is -0.153. The van der Waals surface area contributed by atoms with Crippen LogP contribution < -0.4 is 11.0 Å². The summed E-state index contributed by atoms with van der Waals surface area (Å²) in [5.74, 6) is -0.915. The summed E-state index contributed by atoms with van der Waals surface area (Å²) in [7, 11) is 0. The van der Waals surface area contributed by atoms with E-state index in [-0.39, 0.29) is 18.7 Å². The molecule has 1 aromatic heterocycles. The number of aromatic nitrogens is 2. The summed E-state index contributed by atoms with van der Waals surface area (Å²) < 4.78 is 8.62. The topological polar surface area (TPSA) is 82.3 Å². The number of esters is 1. The van der Waals surface area contributed by atoms with Gasteiger partial charge in [0.05, 0.1) is 17.5 Å². The molecule has 7 heteroatoms. The van der Waals surface area contributed by atoms with Gasteiger partial charge in [-0.1, -0.05) is 31.2 Å². The molecule has 1 amide bonds. The van der Waals surface area contributed by atoms with Crippen LogP contribution >= 0.6 is 0 Å². The van der Waals surface area contributed by atoms with Crippen LogP contribution in [0.5, 0.6) is 0 Å². The van der Waals surface area contributed by atoms with Crippen molar-refractivity contribution in [3.8, 4) is 0 Å². The molecule has 0 aliphatic heterocycles. The van der Waals surface area contributed by atoms with Crippen molar-refractivity contribution >= 4 is 28.6 Å². The first-order valence-corrected chi connectivity index (χ1v) is 10.6. The third-order valence-electron chi connectivity index (χ3n) is 5.24. The number of benzene rings is 2. The van der Waals surface area contributed by atoms with E-state index in [1.165, 1.54) is 6.92 Å². The molecule has 0 aliphatic rings. The lowest BCUT2D eigenvalue weighted by Crippen LogP contribution is -2.31. The van der Waals surface area contributed by atoms with Crippen molar-refractivity contribution in [2.24, 2.45) is 0 Å². The molecule has 7 nitrogen and oxygen atoms in total. The molecule has 2 aromatic carbocycles. The first-order chi connectivity index (χ1) is 14.8. The van der Waals surface area contributed by atoms with Gasteiger partial charge in [0.15, 0.2) is 6.10 Å². The number of hydrogen-bond donors (Lipinski definition) is 1. The van der Waals surface area contributed by atoms with Crippen molar-refractivity contribution in [2.45, 2.75) is 59.7 Å². The third kappa shape index (κ3) is 5.05. The van der Waals surface area contributed by atoms with Gasteiger partial charge >= 0.3 is 11.7 Å². The zero-order valence-corrected chi connectivity index (χ0v) is 18.5. The second kappa shape index (κ2) is 9.64. The molecule has 0 radical (unpaired) electrons. The number of para-hydroxylation sites is 2. The van der Waals surface area contributed by atoms with E-state index in [0.717, 1.165) is 28.6 Å². The van der Waals surface area contributed by atoms with E-state index in [1.807, 2.05) is 63.2 Å². The standard InChI is InChI=1S/C24H29N3O4/c1-5-13-26-20-8-6-7-9-21(20)27(24(26)30)14-12-22(28)31-18(4)23(29)25-19-15-16(2)10-11-17(19)3/h6-11,15,18H,5,12-14H2,1-4H3,(H,25,29)/t18-/m0/s1. The molecule has 0 fully saturated rings. The number of carbonyl (C=O) groups is 2. The average molecular weight is 424 g/mol. The Hall–Kier alpha value is -3.35. The SMILES string of the molecule is CCCn1c(=O)n(CCC(=O)O[C@@H](C)C(=O)Nc2cc(C)ccc2C)c2ccccc21. The monoisotopic (exact) mass is 423 g/mol. The minimum absolute atomic E-state index is 0.00112. The zero-order valence-electron chi connectivity index (χ0n) is 18.5. The summed E-state index contributed by atoms with van der Waals surface area (Å²) in [4.78, 5) is 37.6. The van der Waals surface area contributed by atoms with Gasteiger partial charge in [-0.05, 0) is 56.5 Å². The van der Waals surface area contributed by atoms with Gasteiger partial charge in [0.2, 0.25) is 0 Å². The Labute approximate surface area is 181 Å². The molecule has 1 atom stereocenters. The summed E-state index contributed by atoms with van der Waals surface area (Å²) in [5, 5.41) is 2.81. The smallest absolute Gasteiger partial charge is 0.329 e. The van der Waals surface area contributed by atoms with Crippen molar-refractivity contribution in [2.75, 3.05) is 5.32 Å². The Bertz CT molecular complexity index is 1160. The molecule has 164 valence electrons. The fraction of sp³-hybridized carbons (Fsp3) is 0.375. The molecule has 31 heavy (non-hydrogen) atoms. The molecule has 1 N–H and O–H groups in total. The van der Waals surface area contributed by atoms with E-state index in [1.54, 1.807) is 9.13 Å². The van der Waals surface area contributed by atoms with Gasteiger partial charge in [-0.25, -0.2) is 4.79 Å². The minimum atomic E-state index is -0.939. The zero-order chi connectivity index (χ0) is 22.5. The summed E-state index contributed by atoms with van der Waals surface area (Å²) in [6.07, 6.45) is -0.102. The second-order valence-corrected chi connectivity index (χ2v) is 7.76. The molecule has 3 rings (SSSR count). The molecule has 0 spiro atoms. The highest BCUT2D eigenvalue weighted by atomic mass is 16.5. The number of fused-ring (bicyclic) bond motifs is 1. The number of ether oxygens (including phenoxy) is 1. The summed E-state index contributed by atoms with van der Waals surface area (Å²) in [6, 6.07) is 13.3. The molecular weight excluding hydrogens is 394 g/mol. The Morgan fingerprint density at radius 1 is 1.03 bits per heavy atom. The minimum Gasteiger partial charge on any atom is -0.452 e. The number of rotatable bonds is 8. The third-order valence-corrected chi connectivity index (χ3v) is 5.24. The number of aryl methyl sites for hydroxylation is 4.